The van der Waals surface area contributed by atoms with Crippen molar-refractivity contribution in [1.29, 1.82) is 0 Å². The molecule has 108 valence electrons. The number of Topliss-reactive ketones (excluding diaryl/α,β-unsaturated/α-hetero) is 1. The molecule has 0 heterocycles. The molecular formula is C20H22O. The molecule has 1 aromatic carbocycles. The number of carbonyl (C=O) groups excluding carboxylic acids is 1. The van der Waals surface area contributed by atoms with E-state index in [0.29, 0.717) is 11.8 Å². The Morgan fingerprint density at radius 1 is 1.19 bits per heavy atom. The minimum absolute atomic E-state index is 0.108. The van der Waals surface area contributed by atoms with Crippen molar-refractivity contribution in [2.75, 3.05) is 0 Å². The molecule has 1 aromatic rings. The van der Waals surface area contributed by atoms with Crippen LogP contribution in [0, 0.1) is 17.3 Å². The van der Waals surface area contributed by atoms with Crippen molar-refractivity contribution in [3.05, 3.63) is 59.7 Å². The van der Waals surface area contributed by atoms with Crippen LogP contribution in [-0.4, -0.2) is 5.78 Å². The van der Waals surface area contributed by atoms with E-state index in [1.165, 1.54) is 37.7 Å². The summed E-state index contributed by atoms with van der Waals surface area (Å²) >= 11 is 0. The summed E-state index contributed by atoms with van der Waals surface area (Å²) in [6.07, 6.45) is 9.60. The molecule has 3 atom stereocenters. The average molecular weight is 278 g/mol. The van der Waals surface area contributed by atoms with Gasteiger partial charge >= 0.3 is 0 Å². The second-order valence-electron chi connectivity index (χ2n) is 7.05. The van der Waals surface area contributed by atoms with Gasteiger partial charge in [-0.3, -0.25) is 4.79 Å². The van der Waals surface area contributed by atoms with E-state index in [-0.39, 0.29) is 11.2 Å². The first-order valence-corrected chi connectivity index (χ1v) is 8.20. The van der Waals surface area contributed by atoms with Gasteiger partial charge in [-0.25, -0.2) is 0 Å². The van der Waals surface area contributed by atoms with E-state index in [9.17, 15) is 4.79 Å². The maximum Gasteiger partial charge on any atom is 0.189 e. The molecule has 0 amide bonds. The summed E-state index contributed by atoms with van der Waals surface area (Å²) in [4.78, 5) is 13.0. The maximum atomic E-state index is 13.0. The fourth-order valence-corrected chi connectivity index (χ4v) is 4.95. The minimum Gasteiger partial charge on any atom is -0.289 e. The predicted octanol–water partition coefficient (Wildman–Crippen LogP) is 4.95. The number of hydrogen-bond donors (Lipinski definition) is 0. The van der Waals surface area contributed by atoms with Crippen molar-refractivity contribution in [2.45, 2.75) is 38.5 Å². The van der Waals surface area contributed by atoms with E-state index >= 15 is 0 Å². The number of hydrogen-bond acceptors (Lipinski definition) is 1. The number of allylic oxidation sites excluding steroid dienone is 3. The lowest BCUT2D eigenvalue weighted by atomic mass is 9.49. The van der Waals surface area contributed by atoms with Gasteiger partial charge in [0.05, 0.1) is 0 Å². The molecule has 0 aromatic heterocycles. The van der Waals surface area contributed by atoms with Crippen molar-refractivity contribution in [2.24, 2.45) is 17.3 Å². The molecule has 0 radical (unpaired) electrons. The van der Waals surface area contributed by atoms with Crippen LogP contribution in [0.15, 0.2) is 54.1 Å². The number of ketones is 1. The summed E-state index contributed by atoms with van der Waals surface area (Å²) in [5, 5.41) is 0. The van der Waals surface area contributed by atoms with Crippen LogP contribution in [0.4, 0.5) is 0 Å². The van der Waals surface area contributed by atoms with Crippen molar-refractivity contribution in [3.8, 4) is 0 Å². The fraction of sp³-hybridized carbons (Fsp3) is 0.450. The smallest absolute Gasteiger partial charge is 0.189 e. The highest BCUT2D eigenvalue weighted by atomic mass is 16.1. The molecule has 0 aliphatic heterocycles. The third-order valence-corrected chi connectivity index (χ3v) is 6.00. The van der Waals surface area contributed by atoms with Crippen molar-refractivity contribution in [1.82, 2.24) is 0 Å². The van der Waals surface area contributed by atoms with Gasteiger partial charge in [-0.15, -0.1) is 0 Å². The van der Waals surface area contributed by atoms with Gasteiger partial charge < -0.3 is 0 Å². The highest BCUT2D eigenvalue weighted by Gasteiger charge is 2.53. The van der Waals surface area contributed by atoms with Crippen LogP contribution in [0.5, 0.6) is 0 Å². The van der Waals surface area contributed by atoms with Crippen LogP contribution in [0.1, 0.15) is 48.9 Å². The van der Waals surface area contributed by atoms with Gasteiger partial charge in [-0.1, -0.05) is 61.4 Å². The summed E-state index contributed by atoms with van der Waals surface area (Å²) in [5.74, 6) is 1.41. The average Bonchev–Trinajstić information content (AvgIpc) is 2.53. The molecule has 4 aliphatic rings. The molecule has 5 rings (SSSR count). The molecule has 2 saturated carbocycles. The first kappa shape index (κ1) is 13.1. The fourth-order valence-electron chi connectivity index (χ4n) is 4.95. The number of fused-ring (bicyclic) bond motifs is 1. The summed E-state index contributed by atoms with van der Waals surface area (Å²) < 4.78 is 0. The zero-order valence-corrected chi connectivity index (χ0v) is 12.5. The van der Waals surface area contributed by atoms with Crippen LogP contribution >= 0.6 is 0 Å². The number of carbonyl (C=O) groups is 1. The van der Waals surface area contributed by atoms with Crippen LogP contribution in [0.3, 0.4) is 0 Å². The van der Waals surface area contributed by atoms with E-state index in [4.69, 9.17) is 0 Å². The Kier molecular flexibility index (Phi) is 2.92. The quantitative estimate of drug-likeness (QED) is 0.552. The Morgan fingerprint density at radius 2 is 2.00 bits per heavy atom. The van der Waals surface area contributed by atoms with Gasteiger partial charge in [0.2, 0.25) is 0 Å². The second-order valence-corrected chi connectivity index (χ2v) is 7.05. The molecule has 2 fully saturated rings. The monoisotopic (exact) mass is 278 g/mol. The van der Waals surface area contributed by atoms with Gasteiger partial charge in [-0.05, 0) is 37.5 Å². The van der Waals surface area contributed by atoms with Crippen molar-refractivity contribution in [3.63, 3.8) is 0 Å². The molecule has 0 saturated heterocycles. The van der Waals surface area contributed by atoms with Gasteiger partial charge in [0, 0.05) is 16.6 Å². The van der Waals surface area contributed by atoms with Crippen LogP contribution in [-0.2, 0) is 0 Å². The molecular weight excluding hydrogens is 256 g/mol. The Labute approximate surface area is 126 Å². The standard InChI is InChI=1S/C20H22O/c1-14-13-20-10-6-5-9-17(20)11-16(14)12-18(20)19(21)15-7-3-2-4-8-15/h2-4,7-8,12,16-17H,1,5-6,9-11,13H2/t16-,17+,20+/m1/s1. The first-order chi connectivity index (χ1) is 10.2. The molecule has 1 nitrogen and oxygen atoms in total. The lowest BCUT2D eigenvalue weighted by molar-refractivity contribution is 0.0650. The predicted molar refractivity (Wildman–Crippen MR) is 85.1 cm³/mol. The van der Waals surface area contributed by atoms with E-state index in [1.54, 1.807) is 0 Å². The minimum atomic E-state index is 0.108. The zero-order valence-electron chi connectivity index (χ0n) is 12.5. The molecule has 0 N–H and O–H groups in total. The molecule has 4 aliphatic carbocycles. The van der Waals surface area contributed by atoms with Gasteiger partial charge in [0.1, 0.15) is 0 Å². The summed E-state index contributed by atoms with van der Waals surface area (Å²) in [6, 6.07) is 9.80. The van der Waals surface area contributed by atoms with E-state index in [1.807, 2.05) is 30.3 Å². The Morgan fingerprint density at radius 3 is 2.81 bits per heavy atom. The molecule has 0 unspecified atom stereocenters. The summed E-state index contributed by atoms with van der Waals surface area (Å²) in [7, 11) is 0. The van der Waals surface area contributed by atoms with Crippen molar-refractivity contribution < 1.29 is 4.79 Å². The topological polar surface area (TPSA) is 17.1 Å². The number of benzene rings is 1. The SMILES string of the molecule is C=C1C[C@@]23CCCC[C@H]2C[C@@H]1C=C3C(=O)c1ccccc1. The Hall–Kier alpha value is -1.63. The van der Waals surface area contributed by atoms with Crippen molar-refractivity contribution >= 4 is 5.78 Å². The summed E-state index contributed by atoms with van der Waals surface area (Å²) in [6.45, 7) is 4.29. The third kappa shape index (κ3) is 1.87. The van der Waals surface area contributed by atoms with Crippen LogP contribution in [0.2, 0.25) is 0 Å². The zero-order chi connectivity index (χ0) is 14.4. The largest absolute Gasteiger partial charge is 0.289 e. The van der Waals surface area contributed by atoms with Gasteiger partial charge in [0.15, 0.2) is 5.78 Å². The molecule has 21 heavy (non-hydrogen) atoms. The van der Waals surface area contributed by atoms with E-state index < -0.39 is 0 Å². The second kappa shape index (κ2) is 4.69. The maximum absolute atomic E-state index is 13.0. The lowest BCUT2D eigenvalue weighted by Crippen LogP contribution is -2.47. The van der Waals surface area contributed by atoms with Crippen LogP contribution < -0.4 is 0 Å². The van der Waals surface area contributed by atoms with E-state index in [2.05, 4.69) is 12.7 Å². The Bertz CT molecular complexity index is 624. The highest BCUT2D eigenvalue weighted by molar-refractivity contribution is 6.10. The highest BCUT2D eigenvalue weighted by Crippen LogP contribution is 2.61. The molecule has 1 spiro atoms. The third-order valence-electron chi connectivity index (χ3n) is 6.00. The molecule has 2 bridgehead atoms. The summed E-state index contributed by atoms with van der Waals surface area (Å²) in [5.41, 5.74) is 3.43. The normalized spacial score (nSPS) is 34.3. The number of rotatable bonds is 2. The Balaban J connectivity index is 1.79. The van der Waals surface area contributed by atoms with Gasteiger partial charge in [-0.2, -0.15) is 0 Å². The lowest BCUT2D eigenvalue weighted by Gasteiger charge is -2.55. The van der Waals surface area contributed by atoms with E-state index in [0.717, 1.165) is 17.6 Å². The van der Waals surface area contributed by atoms with Gasteiger partial charge in [0.25, 0.3) is 0 Å². The first-order valence-electron chi connectivity index (χ1n) is 8.20. The van der Waals surface area contributed by atoms with Crippen LogP contribution in [0.25, 0.3) is 0 Å². The molecule has 1 heteroatoms.